The van der Waals surface area contributed by atoms with Crippen LogP contribution < -0.4 is 0 Å². The third kappa shape index (κ3) is 2.33. The summed E-state index contributed by atoms with van der Waals surface area (Å²) >= 11 is 0. The number of nitrogens with zero attached hydrogens (tertiary/aromatic N) is 2. The smallest absolute Gasteiger partial charge is 0.353 e. The highest BCUT2D eigenvalue weighted by atomic mass is 16.7. The number of benzene rings is 1. The van der Waals surface area contributed by atoms with E-state index in [1.165, 1.54) is 0 Å². The van der Waals surface area contributed by atoms with Gasteiger partial charge in [-0.15, -0.1) is 0 Å². The van der Waals surface area contributed by atoms with Gasteiger partial charge in [-0.05, 0) is 12.1 Å². The van der Waals surface area contributed by atoms with E-state index in [-0.39, 0.29) is 11.6 Å². The summed E-state index contributed by atoms with van der Waals surface area (Å²) in [5, 5.41) is 13.7. The van der Waals surface area contributed by atoms with Crippen molar-refractivity contribution in [3.63, 3.8) is 0 Å². The summed E-state index contributed by atoms with van der Waals surface area (Å²) in [5.41, 5.74) is 0.994. The van der Waals surface area contributed by atoms with Gasteiger partial charge in [0.05, 0.1) is 11.1 Å². The topological polar surface area (TPSA) is 95.0 Å². The number of rotatable bonds is 2. The lowest BCUT2D eigenvalue weighted by molar-refractivity contribution is -0.129. The van der Waals surface area contributed by atoms with Crippen molar-refractivity contribution in [2.24, 2.45) is 5.16 Å². The normalized spacial score (nSPS) is 19.3. The van der Waals surface area contributed by atoms with Gasteiger partial charge in [0.15, 0.2) is 5.71 Å². The minimum atomic E-state index is -1.04. The van der Waals surface area contributed by atoms with Gasteiger partial charge in [0.1, 0.15) is 5.60 Å². The molecule has 2 N–H and O–H groups in total. The Kier molecular flexibility index (Phi) is 3.30. The van der Waals surface area contributed by atoms with Crippen LogP contribution in [-0.2, 0) is 9.63 Å². The average Bonchev–Trinajstić information content (AvgIpc) is 3.22. The number of nitrogens with one attached hydrogen (secondary N) is 1. The Labute approximate surface area is 137 Å². The number of amides is 1. The molecule has 0 unspecified atom stereocenters. The van der Waals surface area contributed by atoms with Gasteiger partial charge in [-0.3, -0.25) is 4.79 Å². The van der Waals surface area contributed by atoms with Crippen LogP contribution in [0.3, 0.4) is 0 Å². The number of carboxylic acids is 1. The van der Waals surface area contributed by atoms with E-state index in [1.807, 2.05) is 30.5 Å². The van der Waals surface area contributed by atoms with E-state index >= 15 is 0 Å². The minimum Gasteiger partial charge on any atom is -0.477 e. The maximum Gasteiger partial charge on any atom is 0.353 e. The number of hydrogen-bond donors (Lipinski definition) is 2. The first-order chi connectivity index (χ1) is 11.6. The van der Waals surface area contributed by atoms with E-state index in [9.17, 15) is 9.59 Å². The molecule has 3 heterocycles. The molecule has 1 amide bonds. The summed E-state index contributed by atoms with van der Waals surface area (Å²) < 4.78 is 0. The molecule has 0 radical (unpaired) electrons. The van der Waals surface area contributed by atoms with Gasteiger partial charge in [-0.1, -0.05) is 17.3 Å². The van der Waals surface area contributed by atoms with E-state index in [2.05, 4.69) is 10.1 Å². The third-order valence-corrected chi connectivity index (χ3v) is 4.87. The molecule has 0 aliphatic carbocycles. The standard InChI is InChI=1S/C17H17N3O4/c21-15(12-3-1-2-11-4-7-18-14(11)12)20-8-5-17(6-9-20)10-13(16(22)23)19-24-17/h1-4,7,18H,5-6,8-10H2,(H,22,23). The molecule has 124 valence electrons. The number of carboxylic acid groups (broad SMARTS) is 1. The lowest BCUT2D eigenvalue weighted by Crippen LogP contribution is -2.47. The molecule has 24 heavy (non-hydrogen) atoms. The molecule has 2 aromatic rings. The van der Waals surface area contributed by atoms with Gasteiger partial charge in [0.2, 0.25) is 0 Å². The van der Waals surface area contributed by atoms with Gasteiger partial charge < -0.3 is 19.8 Å². The van der Waals surface area contributed by atoms with Crippen molar-refractivity contribution >= 4 is 28.5 Å². The Morgan fingerprint density at radius 2 is 2.04 bits per heavy atom. The van der Waals surface area contributed by atoms with Crippen molar-refractivity contribution in [1.82, 2.24) is 9.88 Å². The van der Waals surface area contributed by atoms with Crippen LogP contribution in [-0.4, -0.2) is 51.3 Å². The molecule has 1 fully saturated rings. The zero-order valence-corrected chi connectivity index (χ0v) is 13.0. The Bertz CT molecular complexity index is 846. The lowest BCUT2D eigenvalue weighted by atomic mass is 9.86. The highest BCUT2D eigenvalue weighted by Crippen LogP contribution is 2.35. The fourth-order valence-corrected chi connectivity index (χ4v) is 3.46. The van der Waals surface area contributed by atoms with E-state index in [1.54, 1.807) is 4.90 Å². The Morgan fingerprint density at radius 3 is 2.75 bits per heavy atom. The number of aromatic amines is 1. The number of oxime groups is 1. The number of piperidine rings is 1. The van der Waals surface area contributed by atoms with Crippen molar-refractivity contribution in [2.45, 2.75) is 24.9 Å². The van der Waals surface area contributed by atoms with Gasteiger partial charge in [-0.25, -0.2) is 4.79 Å². The highest BCUT2D eigenvalue weighted by Gasteiger charge is 2.44. The number of aromatic nitrogens is 1. The molecule has 2 aliphatic heterocycles. The molecular formula is C17H17N3O4. The summed E-state index contributed by atoms with van der Waals surface area (Å²) in [6.07, 6.45) is 3.29. The van der Waals surface area contributed by atoms with Crippen molar-refractivity contribution in [3.8, 4) is 0 Å². The fraction of sp³-hybridized carbons (Fsp3) is 0.353. The minimum absolute atomic E-state index is 0.0183. The molecule has 7 heteroatoms. The SMILES string of the molecule is O=C(O)C1=NOC2(CCN(C(=O)c3cccc4cc[nH]c34)CC2)C1. The van der Waals surface area contributed by atoms with Crippen LogP contribution in [0.5, 0.6) is 0 Å². The van der Waals surface area contributed by atoms with Crippen LogP contribution in [0.25, 0.3) is 10.9 Å². The number of H-pyrrole nitrogens is 1. The number of fused-ring (bicyclic) bond motifs is 1. The number of aliphatic carboxylic acids is 1. The van der Waals surface area contributed by atoms with E-state index in [0.717, 1.165) is 10.9 Å². The molecular weight excluding hydrogens is 310 g/mol. The number of para-hydroxylation sites is 1. The van der Waals surface area contributed by atoms with Gasteiger partial charge in [0.25, 0.3) is 5.91 Å². The summed E-state index contributed by atoms with van der Waals surface area (Å²) in [5.74, 6) is -1.06. The Hall–Kier alpha value is -2.83. The van der Waals surface area contributed by atoms with E-state index < -0.39 is 11.6 Å². The third-order valence-electron chi connectivity index (χ3n) is 4.87. The maximum absolute atomic E-state index is 12.8. The first-order valence-corrected chi connectivity index (χ1v) is 7.92. The van der Waals surface area contributed by atoms with Crippen LogP contribution in [0.4, 0.5) is 0 Å². The van der Waals surface area contributed by atoms with E-state index in [0.29, 0.717) is 37.9 Å². The number of carbonyl (C=O) groups excluding carboxylic acids is 1. The molecule has 4 rings (SSSR count). The Morgan fingerprint density at radius 1 is 1.25 bits per heavy atom. The van der Waals surface area contributed by atoms with Crippen LogP contribution in [0.1, 0.15) is 29.6 Å². The lowest BCUT2D eigenvalue weighted by Gasteiger charge is -2.37. The zero-order chi connectivity index (χ0) is 16.7. The summed E-state index contributed by atoms with van der Waals surface area (Å²) in [4.78, 5) is 34.2. The maximum atomic E-state index is 12.8. The van der Waals surface area contributed by atoms with Crippen molar-refractivity contribution in [2.75, 3.05) is 13.1 Å². The molecule has 0 bridgehead atoms. The molecule has 1 saturated heterocycles. The van der Waals surface area contributed by atoms with Crippen molar-refractivity contribution in [3.05, 3.63) is 36.0 Å². The molecule has 1 aromatic carbocycles. The first-order valence-electron chi connectivity index (χ1n) is 7.92. The number of hydrogen-bond acceptors (Lipinski definition) is 4. The molecule has 0 atom stereocenters. The molecule has 7 nitrogen and oxygen atoms in total. The largest absolute Gasteiger partial charge is 0.477 e. The molecule has 1 aromatic heterocycles. The second-order valence-corrected chi connectivity index (χ2v) is 6.33. The summed E-state index contributed by atoms with van der Waals surface area (Å²) in [7, 11) is 0. The number of likely N-dealkylation sites (tertiary alicyclic amines) is 1. The number of carbonyl (C=O) groups is 2. The van der Waals surface area contributed by atoms with Crippen LogP contribution in [0, 0.1) is 0 Å². The van der Waals surface area contributed by atoms with Crippen LogP contribution in [0.15, 0.2) is 35.6 Å². The van der Waals surface area contributed by atoms with Gasteiger partial charge in [0, 0.05) is 43.9 Å². The second-order valence-electron chi connectivity index (χ2n) is 6.33. The molecule has 2 aliphatic rings. The predicted molar refractivity (Wildman–Crippen MR) is 86.9 cm³/mol. The highest BCUT2D eigenvalue weighted by molar-refractivity contribution is 6.36. The Balaban J connectivity index is 1.48. The second kappa shape index (κ2) is 5.36. The van der Waals surface area contributed by atoms with Crippen LogP contribution in [0.2, 0.25) is 0 Å². The fourth-order valence-electron chi connectivity index (χ4n) is 3.46. The summed E-state index contributed by atoms with van der Waals surface area (Å²) in [6.45, 7) is 1.05. The van der Waals surface area contributed by atoms with Crippen molar-refractivity contribution in [1.29, 1.82) is 0 Å². The first kappa shape index (κ1) is 14.7. The average molecular weight is 327 g/mol. The summed E-state index contributed by atoms with van der Waals surface area (Å²) in [6, 6.07) is 7.60. The zero-order valence-electron chi connectivity index (χ0n) is 13.0. The quantitative estimate of drug-likeness (QED) is 0.882. The van der Waals surface area contributed by atoms with Crippen molar-refractivity contribution < 1.29 is 19.5 Å². The monoisotopic (exact) mass is 327 g/mol. The molecule has 1 spiro atoms. The molecule has 0 saturated carbocycles. The van der Waals surface area contributed by atoms with Gasteiger partial charge >= 0.3 is 5.97 Å². The van der Waals surface area contributed by atoms with Crippen LogP contribution >= 0.6 is 0 Å². The van der Waals surface area contributed by atoms with E-state index in [4.69, 9.17) is 9.94 Å². The predicted octanol–water partition coefficient (Wildman–Crippen LogP) is 2.00. The van der Waals surface area contributed by atoms with Gasteiger partial charge in [-0.2, -0.15) is 0 Å².